The minimum atomic E-state index is -4.39. The van der Waals surface area contributed by atoms with Crippen LogP contribution in [0.15, 0.2) is 42.6 Å². The van der Waals surface area contributed by atoms with Gasteiger partial charge in [0.05, 0.1) is 24.6 Å². The number of ether oxygens (including phenoxy) is 1. The molecule has 1 saturated heterocycles. The highest BCUT2D eigenvalue weighted by Gasteiger charge is 2.33. The van der Waals surface area contributed by atoms with E-state index < -0.39 is 29.8 Å². The first-order chi connectivity index (χ1) is 14.7. The Morgan fingerprint density at radius 1 is 1.13 bits per heavy atom. The molecule has 2 aromatic rings. The molecule has 0 spiro atoms. The van der Waals surface area contributed by atoms with Crippen molar-refractivity contribution in [3.05, 3.63) is 48.2 Å². The van der Waals surface area contributed by atoms with Crippen molar-refractivity contribution in [3.63, 3.8) is 0 Å². The lowest BCUT2D eigenvalue weighted by Crippen LogP contribution is -2.55. The van der Waals surface area contributed by atoms with Crippen molar-refractivity contribution in [2.75, 3.05) is 31.1 Å². The zero-order valence-electron chi connectivity index (χ0n) is 16.8. The summed E-state index contributed by atoms with van der Waals surface area (Å²) in [6.07, 6.45) is -3.99. The molecule has 1 N–H and O–H groups in total. The van der Waals surface area contributed by atoms with Gasteiger partial charge in [-0.2, -0.15) is 13.2 Å². The summed E-state index contributed by atoms with van der Waals surface area (Å²) in [6, 6.07) is 7.73. The van der Waals surface area contributed by atoms with Gasteiger partial charge >= 0.3 is 18.2 Å². The Morgan fingerprint density at radius 2 is 1.81 bits per heavy atom. The number of pyridine rings is 1. The van der Waals surface area contributed by atoms with Gasteiger partial charge < -0.3 is 19.6 Å². The number of alkyl halides is 3. The van der Waals surface area contributed by atoms with E-state index in [2.05, 4.69) is 4.98 Å². The van der Waals surface area contributed by atoms with E-state index in [4.69, 9.17) is 4.74 Å². The SMILES string of the molecule is CCOC(=O)CC1CN(c2ccc(-c3ccc(C(F)(F)F)cc3)cn2)CCN1C(=O)O. The topological polar surface area (TPSA) is 83.0 Å². The number of hydrogen-bond donors (Lipinski definition) is 1. The second-order valence-corrected chi connectivity index (χ2v) is 7.07. The lowest BCUT2D eigenvalue weighted by molar-refractivity contribution is -0.144. The minimum Gasteiger partial charge on any atom is -0.466 e. The molecule has 0 aliphatic carbocycles. The van der Waals surface area contributed by atoms with Crippen LogP contribution in [0.5, 0.6) is 0 Å². The number of amides is 1. The summed E-state index contributed by atoms with van der Waals surface area (Å²) >= 11 is 0. The van der Waals surface area contributed by atoms with Gasteiger partial charge in [0, 0.05) is 31.4 Å². The van der Waals surface area contributed by atoms with Gasteiger partial charge in [0.2, 0.25) is 0 Å². The number of hydrogen-bond acceptors (Lipinski definition) is 5. The van der Waals surface area contributed by atoms with E-state index in [-0.39, 0.29) is 26.1 Å². The van der Waals surface area contributed by atoms with E-state index in [1.807, 2.05) is 4.90 Å². The minimum absolute atomic E-state index is 0.0553. The van der Waals surface area contributed by atoms with Crippen molar-refractivity contribution in [1.82, 2.24) is 9.88 Å². The van der Waals surface area contributed by atoms with Crippen LogP contribution in [0.2, 0.25) is 0 Å². The first-order valence-electron chi connectivity index (χ1n) is 9.73. The predicted octanol–water partition coefficient (Wildman–Crippen LogP) is 3.89. The Labute approximate surface area is 177 Å². The zero-order chi connectivity index (χ0) is 22.6. The molecule has 0 radical (unpaired) electrons. The number of benzene rings is 1. The Kier molecular flexibility index (Phi) is 6.67. The van der Waals surface area contributed by atoms with Crippen LogP contribution in [0.3, 0.4) is 0 Å². The molecule has 7 nitrogen and oxygen atoms in total. The number of carbonyl (C=O) groups excluding carboxylic acids is 1. The smallest absolute Gasteiger partial charge is 0.416 e. The van der Waals surface area contributed by atoms with Crippen LogP contribution in [0.4, 0.5) is 23.8 Å². The van der Waals surface area contributed by atoms with Crippen molar-refractivity contribution in [2.45, 2.75) is 25.6 Å². The van der Waals surface area contributed by atoms with E-state index in [0.717, 1.165) is 12.1 Å². The van der Waals surface area contributed by atoms with E-state index in [1.165, 1.54) is 17.0 Å². The highest BCUT2D eigenvalue weighted by Crippen LogP contribution is 2.31. The number of halogens is 3. The summed E-state index contributed by atoms with van der Waals surface area (Å²) in [6.45, 7) is 2.79. The fourth-order valence-corrected chi connectivity index (χ4v) is 3.50. The summed E-state index contributed by atoms with van der Waals surface area (Å²) in [4.78, 5) is 30.9. The lowest BCUT2D eigenvalue weighted by Gasteiger charge is -2.40. The number of carboxylic acid groups (broad SMARTS) is 1. The Morgan fingerprint density at radius 3 is 2.35 bits per heavy atom. The van der Waals surface area contributed by atoms with Crippen LogP contribution < -0.4 is 4.90 Å². The number of carbonyl (C=O) groups is 2. The maximum absolute atomic E-state index is 12.7. The first kappa shape index (κ1) is 22.4. The molecule has 1 aromatic carbocycles. The molecule has 1 aromatic heterocycles. The molecule has 1 fully saturated rings. The van der Waals surface area contributed by atoms with E-state index in [0.29, 0.717) is 23.5 Å². The summed E-state index contributed by atoms with van der Waals surface area (Å²) in [5.41, 5.74) is 0.539. The molecule has 0 saturated carbocycles. The van der Waals surface area contributed by atoms with Crippen molar-refractivity contribution >= 4 is 17.9 Å². The van der Waals surface area contributed by atoms with Crippen molar-refractivity contribution in [1.29, 1.82) is 0 Å². The molecular formula is C21H22F3N3O4. The maximum atomic E-state index is 12.7. The number of aromatic nitrogens is 1. The molecule has 2 heterocycles. The molecule has 3 rings (SSSR count). The molecule has 1 aliphatic rings. The number of esters is 1. The van der Waals surface area contributed by atoms with Crippen LogP contribution >= 0.6 is 0 Å². The summed E-state index contributed by atoms with van der Waals surface area (Å²) in [7, 11) is 0. The third kappa shape index (κ3) is 5.44. The predicted molar refractivity (Wildman–Crippen MR) is 107 cm³/mol. The van der Waals surface area contributed by atoms with Gasteiger partial charge in [0.25, 0.3) is 0 Å². The van der Waals surface area contributed by atoms with Gasteiger partial charge in [-0.1, -0.05) is 12.1 Å². The summed E-state index contributed by atoms with van der Waals surface area (Å²) in [5.74, 6) is 0.126. The standard InChI is InChI=1S/C21H22F3N3O4/c1-2-31-19(28)11-17-13-26(9-10-27(17)20(29)30)18-8-5-15(12-25-18)14-3-6-16(7-4-14)21(22,23)24/h3-8,12,17H,2,9-11,13H2,1H3,(H,29,30). The van der Waals surface area contributed by atoms with Crippen molar-refractivity contribution in [3.8, 4) is 11.1 Å². The average molecular weight is 437 g/mol. The monoisotopic (exact) mass is 437 g/mol. The second-order valence-electron chi connectivity index (χ2n) is 7.07. The van der Waals surface area contributed by atoms with Gasteiger partial charge in [-0.25, -0.2) is 9.78 Å². The Bertz CT molecular complexity index is 917. The van der Waals surface area contributed by atoms with Crippen LogP contribution in [-0.4, -0.2) is 59.3 Å². The first-order valence-corrected chi connectivity index (χ1v) is 9.73. The largest absolute Gasteiger partial charge is 0.466 e. The molecule has 10 heteroatoms. The highest BCUT2D eigenvalue weighted by atomic mass is 19.4. The van der Waals surface area contributed by atoms with Crippen molar-refractivity contribution in [2.24, 2.45) is 0 Å². The van der Waals surface area contributed by atoms with E-state index in [9.17, 15) is 27.9 Å². The van der Waals surface area contributed by atoms with Crippen LogP contribution in [0, 0.1) is 0 Å². The fourth-order valence-electron chi connectivity index (χ4n) is 3.50. The van der Waals surface area contributed by atoms with Crippen LogP contribution in [-0.2, 0) is 15.7 Å². The molecule has 1 amide bonds. The maximum Gasteiger partial charge on any atom is 0.416 e. The lowest BCUT2D eigenvalue weighted by atomic mass is 10.1. The van der Waals surface area contributed by atoms with E-state index in [1.54, 1.807) is 25.3 Å². The fraction of sp³-hybridized carbons (Fsp3) is 0.381. The molecule has 0 bridgehead atoms. The molecular weight excluding hydrogens is 415 g/mol. The number of anilines is 1. The molecule has 1 unspecified atom stereocenters. The van der Waals surface area contributed by atoms with Gasteiger partial charge in [-0.15, -0.1) is 0 Å². The summed E-state index contributed by atoms with van der Waals surface area (Å²) < 4.78 is 43.1. The van der Waals surface area contributed by atoms with Gasteiger partial charge in [0.1, 0.15) is 5.82 Å². The quantitative estimate of drug-likeness (QED) is 0.715. The van der Waals surface area contributed by atoms with E-state index >= 15 is 0 Å². The van der Waals surface area contributed by atoms with Gasteiger partial charge in [-0.3, -0.25) is 4.79 Å². The van der Waals surface area contributed by atoms with Crippen molar-refractivity contribution < 1.29 is 32.6 Å². The van der Waals surface area contributed by atoms with Crippen LogP contribution in [0.25, 0.3) is 11.1 Å². The normalized spacial score (nSPS) is 16.8. The second kappa shape index (κ2) is 9.23. The molecule has 31 heavy (non-hydrogen) atoms. The molecule has 1 aliphatic heterocycles. The number of rotatable bonds is 5. The van der Waals surface area contributed by atoms with Crippen LogP contribution in [0.1, 0.15) is 18.9 Å². The molecule has 166 valence electrons. The Balaban J connectivity index is 1.72. The zero-order valence-corrected chi connectivity index (χ0v) is 16.8. The summed E-state index contributed by atoms with van der Waals surface area (Å²) in [5, 5.41) is 9.41. The average Bonchev–Trinajstić information content (AvgIpc) is 2.73. The third-order valence-electron chi connectivity index (χ3n) is 5.05. The third-order valence-corrected chi connectivity index (χ3v) is 5.05. The van der Waals surface area contributed by atoms with Gasteiger partial charge in [0.15, 0.2) is 0 Å². The molecule has 1 atom stereocenters. The number of nitrogens with zero attached hydrogens (tertiary/aromatic N) is 3. The number of piperazine rings is 1. The Hall–Kier alpha value is -3.30. The van der Waals surface area contributed by atoms with Gasteiger partial charge in [-0.05, 0) is 36.8 Å². The highest BCUT2D eigenvalue weighted by molar-refractivity contribution is 5.73.